The van der Waals surface area contributed by atoms with E-state index in [0.717, 1.165) is 12.8 Å². The molecule has 4 bridgehead atoms. The second kappa shape index (κ2) is 4.56. The van der Waals surface area contributed by atoms with Crippen molar-refractivity contribution in [2.45, 2.75) is 50.2 Å². The molecule has 2 unspecified atom stereocenters. The molecule has 5 fully saturated rings. The minimum atomic E-state index is -0.967. The molecular formula is C19H24O4. The molecule has 0 amide bonds. The van der Waals surface area contributed by atoms with Crippen molar-refractivity contribution in [3.8, 4) is 0 Å². The number of carbonyl (C=O) groups excluding carboxylic acids is 2. The Bertz CT molecular complexity index is 576. The molecule has 5 rings (SSSR count). The Labute approximate surface area is 136 Å². The summed E-state index contributed by atoms with van der Waals surface area (Å²) in [4.78, 5) is 25.8. The normalized spacial score (nSPS) is 48.7. The first kappa shape index (κ1) is 15.1. The molecule has 4 nitrogen and oxygen atoms in total. The molecule has 0 spiro atoms. The largest absolute Gasteiger partial charge is 0.465 e. The highest BCUT2D eigenvalue weighted by atomic mass is 16.6. The highest BCUT2D eigenvalue weighted by Gasteiger charge is 2.91. The average molecular weight is 316 g/mol. The third kappa shape index (κ3) is 1.56. The highest BCUT2D eigenvalue weighted by molar-refractivity contribution is 6.09. The van der Waals surface area contributed by atoms with Crippen LogP contribution in [0.1, 0.15) is 39.0 Å². The molecule has 4 heteroatoms. The Kier molecular flexibility index (Phi) is 3.00. The van der Waals surface area contributed by atoms with E-state index in [1.807, 2.05) is 12.2 Å². The topological polar surface area (TPSA) is 52.6 Å². The maximum atomic E-state index is 13.0. The Balaban J connectivity index is 1.87. The summed E-state index contributed by atoms with van der Waals surface area (Å²) in [5, 5.41) is 0. The number of rotatable bonds is 6. The molecule has 0 aromatic rings. The van der Waals surface area contributed by atoms with Gasteiger partial charge >= 0.3 is 5.97 Å². The number of hydrogen-bond donors (Lipinski definition) is 0. The molecule has 5 aliphatic rings. The van der Waals surface area contributed by atoms with Crippen LogP contribution in [0.25, 0.3) is 0 Å². The van der Waals surface area contributed by atoms with Crippen LogP contribution >= 0.6 is 0 Å². The molecular weight excluding hydrogens is 292 g/mol. The lowest BCUT2D eigenvalue weighted by Crippen LogP contribution is -2.51. The van der Waals surface area contributed by atoms with Gasteiger partial charge in [-0.3, -0.25) is 9.59 Å². The lowest BCUT2D eigenvalue weighted by Gasteiger charge is -2.46. The first-order valence-electron chi connectivity index (χ1n) is 8.63. The van der Waals surface area contributed by atoms with Crippen LogP contribution in [0.3, 0.4) is 0 Å². The SMILES string of the molecule is C=CC[C@]12CC3CC(=O)C4(C(=O)OCC)[C@H]1[C@@H]4[C@@](CC=C)(C3)O2. The van der Waals surface area contributed by atoms with Gasteiger partial charge in [0.15, 0.2) is 5.78 Å². The monoisotopic (exact) mass is 316 g/mol. The summed E-state index contributed by atoms with van der Waals surface area (Å²) < 4.78 is 11.9. The van der Waals surface area contributed by atoms with Gasteiger partial charge in [0.25, 0.3) is 0 Å². The van der Waals surface area contributed by atoms with Crippen LogP contribution in [0.5, 0.6) is 0 Å². The summed E-state index contributed by atoms with van der Waals surface area (Å²) in [5.41, 5.74) is -1.81. The highest BCUT2D eigenvalue weighted by Crippen LogP contribution is 2.82. The van der Waals surface area contributed by atoms with E-state index >= 15 is 0 Å². The zero-order valence-corrected chi connectivity index (χ0v) is 13.7. The van der Waals surface area contributed by atoms with Gasteiger partial charge in [-0.15, -0.1) is 13.2 Å². The molecule has 2 aliphatic heterocycles. The lowest BCUT2D eigenvalue weighted by atomic mass is 9.76. The van der Waals surface area contributed by atoms with Crippen LogP contribution in [0, 0.1) is 23.2 Å². The van der Waals surface area contributed by atoms with Gasteiger partial charge in [0.2, 0.25) is 0 Å². The Morgan fingerprint density at radius 3 is 2.30 bits per heavy atom. The minimum Gasteiger partial charge on any atom is -0.465 e. The van der Waals surface area contributed by atoms with E-state index in [1.165, 1.54) is 0 Å². The summed E-state index contributed by atoms with van der Waals surface area (Å²) in [6.07, 6.45) is 7.31. The van der Waals surface area contributed by atoms with Crippen molar-refractivity contribution in [2.75, 3.05) is 6.61 Å². The van der Waals surface area contributed by atoms with Crippen LogP contribution in [-0.4, -0.2) is 29.6 Å². The quantitative estimate of drug-likeness (QED) is 0.429. The predicted molar refractivity (Wildman–Crippen MR) is 84.6 cm³/mol. The molecule has 0 radical (unpaired) electrons. The summed E-state index contributed by atoms with van der Waals surface area (Å²) in [6, 6.07) is 0. The summed E-state index contributed by atoms with van der Waals surface area (Å²) in [7, 11) is 0. The zero-order chi connectivity index (χ0) is 16.5. The minimum absolute atomic E-state index is 0.0491. The number of Topliss-reactive ketones (excluding diaryl/α,β-unsaturated/α-hetero) is 1. The average Bonchev–Trinajstić information content (AvgIpc) is 3.17. The first-order chi connectivity index (χ1) is 11.0. The van der Waals surface area contributed by atoms with E-state index in [9.17, 15) is 9.59 Å². The Morgan fingerprint density at radius 1 is 1.26 bits per heavy atom. The van der Waals surface area contributed by atoms with E-state index in [1.54, 1.807) is 6.92 Å². The number of carbonyl (C=O) groups is 2. The molecule has 6 atom stereocenters. The fourth-order valence-electron chi connectivity index (χ4n) is 6.28. The van der Waals surface area contributed by atoms with Gasteiger partial charge in [-0.25, -0.2) is 0 Å². The van der Waals surface area contributed by atoms with Crippen molar-refractivity contribution < 1.29 is 19.1 Å². The van der Waals surface area contributed by atoms with E-state index in [2.05, 4.69) is 13.2 Å². The zero-order valence-electron chi connectivity index (χ0n) is 13.7. The van der Waals surface area contributed by atoms with Gasteiger partial charge in [0.05, 0.1) is 17.8 Å². The molecule has 2 saturated heterocycles. The van der Waals surface area contributed by atoms with Crippen LogP contribution in [0.15, 0.2) is 25.3 Å². The van der Waals surface area contributed by atoms with Crippen molar-refractivity contribution >= 4 is 11.8 Å². The number of fused-ring (bicyclic) bond motifs is 1. The fraction of sp³-hybridized carbons (Fsp3) is 0.684. The van der Waals surface area contributed by atoms with Crippen LogP contribution in [0.2, 0.25) is 0 Å². The summed E-state index contributed by atoms with van der Waals surface area (Å²) in [5.74, 6) is -0.0506. The van der Waals surface area contributed by atoms with Gasteiger partial charge in [-0.05, 0) is 38.5 Å². The number of ether oxygens (including phenoxy) is 2. The third-order valence-electron chi connectivity index (χ3n) is 6.54. The molecule has 0 N–H and O–H groups in total. The Morgan fingerprint density at radius 2 is 1.83 bits per heavy atom. The van der Waals surface area contributed by atoms with E-state index in [-0.39, 0.29) is 23.6 Å². The molecule has 3 saturated carbocycles. The van der Waals surface area contributed by atoms with Crippen molar-refractivity contribution in [3.05, 3.63) is 25.3 Å². The standard InChI is InChI=1S/C19H24O4/c1-4-7-17-10-12-9-13(20)19(16(21)22-6-3)14(17)15(19)18(11-12,23-17)8-5-2/h4-5,12,14-15H,1-2,6-11H2,3H3/t12?,14-,15+,17-,18+,19?. The molecule has 0 aromatic heterocycles. The van der Waals surface area contributed by atoms with Crippen LogP contribution in [0.4, 0.5) is 0 Å². The molecule has 2 heterocycles. The van der Waals surface area contributed by atoms with Crippen molar-refractivity contribution in [1.29, 1.82) is 0 Å². The van der Waals surface area contributed by atoms with Crippen molar-refractivity contribution in [3.63, 3.8) is 0 Å². The number of ketones is 1. The van der Waals surface area contributed by atoms with Gasteiger partial charge in [0, 0.05) is 18.3 Å². The summed E-state index contributed by atoms with van der Waals surface area (Å²) in [6.45, 7) is 9.86. The summed E-state index contributed by atoms with van der Waals surface area (Å²) >= 11 is 0. The second-order valence-corrected chi connectivity index (χ2v) is 7.66. The number of esters is 1. The second-order valence-electron chi connectivity index (χ2n) is 7.66. The maximum Gasteiger partial charge on any atom is 0.320 e. The molecule has 124 valence electrons. The van der Waals surface area contributed by atoms with E-state index < -0.39 is 16.6 Å². The van der Waals surface area contributed by atoms with Gasteiger partial charge in [0.1, 0.15) is 5.41 Å². The van der Waals surface area contributed by atoms with E-state index in [0.29, 0.717) is 31.8 Å². The molecule has 23 heavy (non-hydrogen) atoms. The predicted octanol–water partition coefficient (Wildman–Crippen LogP) is 2.82. The fourth-order valence-corrected chi connectivity index (χ4v) is 6.28. The van der Waals surface area contributed by atoms with Crippen molar-refractivity contribution in [2.24, 2.45) is 23.2 Å². The molecule has 0 aromatic carbocycles. The van der Waals surface area contributed by atoms with Crippen LogP contribution < -0.4 is 0 Å². The van der Waals surface area contributed by atoms with Gasteiger partial charge < -0.3 is 9.47 Å². The van der Waals surface area contributed by atoms with E-state index in [4.69, 9.17) is 9.47 Å². The molecule has 3 aliphatic carbocycles. The maximum absolute atomic E-state index is 13.0. The lowest BCUT2D eigenvalue weighted by molar-refractivity contribution is -0.194. The smallest absolute Gasteiger partial charge is 0.320 e. The number of hydrogen-bond acceptors (Lipinski definition) is 4. The van der Waals surface area contributed by atoms with Crippen molar-refractivity contribution in [1.82, 2.24) is 0 Å². The Hall–Kier alpha value is -1.42. The van der Waals surface area contributed by atoms with Crippen LogP contribution in [-0.2, 0) is 19.1 Å². The first-order valence-corrected chi connectivity index (χ1v) is 8.63. The van der Waals surface area contributed by atoms with Gasteiger partial charge in [-0.2, -0.15) is 0 Å². The van der Waals surface area contributed by atoms with Gasteiger partial charge in [-0.1, -0.05) is 12.2 Å². The third-order valence-corrected chi connectivity index (χ3v) is 6.54.